The van der Waals surface area contributed by atoms with Gasteiger partial charge in [0.25, 0.3) is 0 Å². The number of carbonyl (C=O) groups is 1. The van der Waals surface area contributed by atoms with Gasteiger partial charge in [0.1, 0.15) is 5.75 Å². The van der Waals surface area contributed by atoms with E-state index in [0.29, 0.717) is 12.3 Å². The third-order valence-electron chi connectivity index (χ3n) is 4.05. The van der Waals surface area contributed by atoms with Crippen LogP contribution in [0.2, 0.25) is 0 Å². The molecule has 0 spiro atoms. The second kappa shape index (κ2) is 6.75. The Bertz CT molecular complexity index is 474. The van der Waals surface area contributed by atoms with Crippen molar-refractivity contribution in [2.45, 2.75) is 32.7 Å². The monoisotopic (exact) mass is 276 g/mol. The first-order valence-corrected chi connectivity index (χ1v) is 7.28. The quantitative estimate of drug-likeness (QED) is 0.864. The fourth-order valence-corrected chi connectivity index (χ4v) is 2.96. The molecule has 1 aliphatic rings. The van der Waals surface area contributed by atoms with Crippen LogP contribution in [-0.2, 0) is 17.8 Å². The largest absolute Gasteiger partial charge is 0.497 e. The fourth-order valence-electron chi connectivity index (χ4n) is 2.96. The lowest BCUT2D eigenvalue weighted by atomic mass is 10.0. The van der Waals surface area contributed by atoms with Gasteiger partial charge in [-0.25, -0.2) is 0 Å². The first kappa shape index (κ1) is 14.9. The Kier molecular flexibility index (Phi) is 5.01. The number of rotatable bonds is 6. The molecule has 1 unspecified atom stereocenters. The second-order valence-electron chi connectivity index (χ2n) is 5.55. The minimum Gasteiger partial charge on any atom is -0.497 e. The molecule has 0 aliphatic carbocycles. The molecule has 0 radical (unpaired) electrons. The van der Waals surface area contributed by atoms with Crippen molar-refractivity contribution in [1.29, 1.82) is 0 Å². The molecule has 1 fully saturated rings. The Labute approximate surface area is 120 Å². The standard InChI is InChI=1S/C16H24N2O2/c1-3-13-9-15(20-2)5-4-14(13)11-18-7-6-12(10-18)8-16(17)19/h4-5,9,12H,3,6-8,10-11H2,1-2H3,(H2,17,19). The number of carbonyl (C=O) groups excluding carboxylic acids is 1. The predicted octanol–water partition coefficient (Wildman–Crippen LogP) is 1.95. The van der Waals surface area contributed by atoms with E-state index >= 15 is 0 Å². The van der Waals surface area contributed by atoms with Crippen molar-refractivity contribution in [3.8, 4) is 5.75 Å². The number of ether oxygens (including phenoxy) is 1. The number of aryl methyl sites for hydroxylation is 1. The van der Waals surface area contributed by atoms with Gasteiger partial charge in [-0.2, -0.15) is 0 Å². The summed E-state index contributed by atoms with van der Waals surface area (Å²) < 4.78 is 5.28. The Morgan fingerprint density at radius 3 is 2.90 bits per heavy atom. The lowest BCUT2D eigenvalue weighted by Gasteiger charge is -2.18. The van der Waals surface area contributed by atoms with Crippen molar-refractivity contribution in [1.82, 2.24) is 4.90 Å². The second-order valence-corrected chi connectivity index (χ2v) is 5.55. The first-order valence-electron chi connectivity index (χ1n) is 7.28. The van der Waals surface area contributed by atoms with Gasteiger partial charge in [-0.3, -0.25) is 9.69 Å². The number of amides is 1. The molecule has 1 heterocycles. The summed E-state index contributed by atoms with van der Waals surface area (Å²) in [6.45, 7) is 5.13. The van der Waals surface area contributed by atoms with Gasteiger partial charge in [-0.05, 0) is 48.6 Å². The summed E-state index contributed by atoms with van der Waals surface area (Å²) in [5.74, 6) is 1.16. The highest BCUT2D eigenvalue weighted by atomic mass is 16.5. The zero-order chi connectivity index (χ0) is 14.5. The summed E-state index contributed by atoms with van der Waals surface area (Å²) in [5.41, 5.74) is 7.97. The van der Waals surface area contributed by atoms with Crippen LogP contribution in [0.1, 0.15) is 30.9 Å². The number of likely N-dealkylation sites (tertiary alicyclic amines) is 1. The van der Waals surface area contributed by atoms with Crippen molar-refractivity contribution < 1.29 is 9.53 Å². The summed E-state index contributed by atoms with van der Waals surface area (Å²) >= 11 is 0. The van der Waals surface area contributed by atoms with Crippen molar-refractivity contribution in [3.63, 3.8) is 0 Å². The fraction of sp³-hybridized carbons (Fsp3) is 0.562. The summed E-state index contributed by atoms with van der Waals surface area (Å²) in [7, 11) is 1.70. The molecule has 20 heavy (non-hydrogen) atoms. The van der Waals surface area contributed by atoms with E-state index in [0.717, 1.165) is 38.2 Å². The van der Waals surface area contributed by atoms with Crippen LogP contribution >= 0.6 is 0 Å². The number of methoxy groups -OCH3 is 1. The van der Waals surface area contributed by atoms with Crippen molar-refractivity contribution >= 4 is 5.91 Å². The minimum atomic E-state index is -0.185. The van der Waals surface area contributed by atoms with Gasteiger partial charge in [0.2, 0.25) is 5.91 Å². The zero-order valence-corrected chi connectivity index (χ0v) is 12.4. The minimum absolute atomic E-state index is 0.185. The number of hydrogen-bond donors (Lipinski definition) is 1. The molecule has 0 saturated carbocycles. The molecule has 110 valence electrons. The number of nitrogens with zero attached hydrogens (tertiary/aromatic N) is 1. The van der Waals surface area contributed by atoms with E-state index in [2.05, 4.69) is 24.0 Å². The predicted molar refractivity (Wildman–Crippen MR) is 79.6 cm³/mol. The molecular formula is C16H24N2O2. The highest BCUT2D eigenvalue weighted by molar-refractivity contribution is 5.74. The van der Waals surface area contributed by atoms with Gasteiger partial charge in [0.15, 0.2) is 0 Å². The van der Waals surface area contributed by atoms with Crippen molar-refractivity contribution in [2.75, 3.05) is 20.2 Å². The van der Waals surface area contributed by atoms with E-state index in [1.165, 1.54) is 11.1 Å². The Morgan fingerprint density at radius 2 is 2.25 bits per heavy atom. The van der Waals surface area contributed by atoms with Crippen LogP contribution in [0, 0.1) is 5.92 Å². The Balaban J connectivity index is 1.98. The molecule has 2 rings (SSSR count). The van der Waals surface area contributed by atoms with Gasteiger partial charge in [-0.1, -0.05) is 13.0 Å². The van der Waals surface area contributed by atoms with Crippen LogP contribution in [0.25, 0.3) is 0 Å². The van der Waals surface area contributed by atoms with Crippen LogP contribution in [-0.4, -0.2) is 31.0 Å². The average molecular weight is 276 g/mol. The van der Waals surface area contributed by atoms with Gasteiger partial charge >= 0.3 is 0 Å². The lowest BCUT2D eigenvalue weighted by Crippen LogP contribution is -2.23. The molecule has 2 N–H and O–H groups in total. The molecule has 1 saturated heterocycles. The third kappa shape index (κ3) is 3.73. The van der Waals surface area contributed by atoms with Crippen LogP contribution in [0.5, 0.6) is 5.75 Å². The molecule has 4 heteroatoms. The molecule has 1 amide bonds. The van der Waals surface area contributed by atoms with E-state index in [9.17, 15) is 4.79 Å². The SMILES string of the molecule is CCc1cc(OC)ccc1CN1CCC(CC(N)=O)C1. The highest BCUT2D eigenvalue weighted by Crippen LogP contribution is 2.24. The summed E-state index contributed by atoms with van der Waals surface area (Å²) in [6.07, 6.45) is 2.59. The maximum atomic E-state index is 11.0. The smallest absolute Gasteiger partial charge is 0.217 e. The average Bonchev–Trinajstić information content (AvgIpc) is 2.85. The number of benzene rings is 1. The van der Waals surface area contributed by atoms with E-state index in [1.807, 2.05) is 6.07 Å². The van der Waals surface area contributed by atoms with E-state index < -0.39 is 0 Å². The summed E-state index contributed by atoms with van der Waals surface area (Å²) in [5, 5.41) is 0. The molecule has 4 nitrogen and oxygen atoms in total. The Hall–Kier alpha value is -1.55. The molecular weight excluding hydrogens is 252 g/mol. The lowest BCUT2D eigenvalue weighted by molar-refractivity contribution is -0.118. The summed E-state index contributed by atoms with van der Waals surface area (Å²) in [4.78, 5) is 13.4. The topological polar surface area (TPSA) is 55.6 Å². The van der Waals surface area contributed by atoms with E-state index in [4.69, 9.17) is 10.5 Å². The van der Waals surface area contributed by atoms with Crippen LogP contribution in [0.4, 0.5) is 0 Å². The highest BCUT2D eigenvalue weighted by Gasteiger charge is 2.24. The number of nitrogens with two attached hydrogens (primary N) is 1. The zero-order valence-electron chi connectivity index (χ0n) is 12.4. The number of primary amides is 1. The van der Waals surface area contributed by atoms with Gasteiger partial charge in [0.05, 0.1) is 7.11 Å². The maximum Gasteiger partial charge on any atom is 0.217 e. The molecule has 1 atom stereocenters. The van der Waals surface area contributed by atoms with Crippen LogP contribution in [0.15, 0.2) is 18.2 Å². The first-order chi connectivity index (χ1) is 9.62. The summed E-state index contributed by atoms with van der Waals surface area (Å²) in [6, 6.07) is 6.29. The Morgan fingerprint density at radius 1 is 1.45 bits per heavy atom. The van der Waals surface area contributed by atoms with Crippen molar-refractivity contribution in [2.24, 2.45) is 11.7 Å². The molecule has 1 aliphatic heterocycles. The van der Waals surface area contributed by atoms with Crippen molar-refractivity contribution in [3.05, 3.63) is 29.3 Å². The van der Waals surface area contributed by atoms with Gasteiger partial charge in [-0.15, -0.1) is 0 Å². The normalized spacial score (nSPS) is 19.2. The van der Waals surface area contributed by atoms with Crippen LogP contribution < -0.4 is 10.5 Å². The van der Waals surface area contributed by atoms with Crippen LogP contribution in [0.3, 0.4) is 0 Å². The van der Waals surface area contributed by atoms with E-state index in [1.54, 1.807) is 7.11 Å². The number of hydrogen-bond acceptors (Lipinski definition) is 3. The molecule has 1 aromatic rings. The van der Waals surface area contributed by atoms with E-state index in [-0.39, 0.29) is 5.91 Å². The molecule has 0 bridgehead atoms. The molecule has 0 aromatic heterocycles. The maximum absolute atomic E-state index is 11.0. The third-order valence-corrected chi connectivity index (χ3v) is 4.05. The van der Waals surface area contributed by atoms with Gasteiger partial charge < -0.3 is 10.5 Å². The van der Waals surface area contributed by atoms with Gasteiger partial charge in [0, 0.05) is 19.5 Å². The molecule has 1 aromatic carbocycles.